The number of anilines is 1. The third-order valence-electron chi connectivity index (χ3n) is 3.42. The number of esters is 1. The molecule has 1 aromatic heterocycles. The van der Waals surface area contributed by atoms with Crippen LogP contribution in [0, 0.1) is 0 Å². The minimum atomic E-state index is -0.569. The fourth-order valence-corrected chi connectivity index (χ4v) is 2.12. The SMILES string of the molecule is COC(=O)c1ccc(-c2cncc(N(C)C(=O)OC(C)(C)C)c2)cc1. The second-order valence-electron chi connectivity index (χ2n) is 6.54. The van der Waals surface area contributed by atoms with Crippen molar-refractivity contribution in [3.63, 3.8) is 0 Å². The van der Waals surface area contributed by atoms with Gasteiger partial charge in [0.1, 0.15) is 5.60 Å². The fraction of sp³-hybridized carbons (Fsp3) is 0.316. The van der Waals surface area contributed by atoms with Crippen LogP contribution >= 0.6 is 0 Å². The molecule has 6 heteroatoms. The predicted molar refractivity (Wildman–Crippen MR) is 95.6 cm³/mol. The predicted octanol–water partition coefficient (Wildman–Crippen LogP) is 3.91. The lowest BCUT2D eigenvalue weighted by molar-refractivity contribution is 0.0583. The molecule has 25 heavy (non-hydrogen) atoms. The highest BCUT2D eigenvalue weighted by Crippen LogP contribution is 2.24. The Labute approximate surface area is 147 Å². The Morgan fingerprint density at radius 2 is 1.68 bits per heavy atom. The summed E-state index contributed by atoms with van der Waals surface area (Å²) in [6, 6.07) is 8.82. The maximum Gasteiger partial charge on any atom is 0.414 e. The van der Waals surface area contributed by atoms with Gasteiger partial charge in [-0.1, -0.05) is 12.1 Å². The van der Waals surface area contributed by atoms with Crippen LogP contribution in [0.2, 0.25) is 0 Å². The molecule has 1 heterocycles. The Bertz CT molecular complexity index is 764. The average Bonchev–Trinajstić information content (AvgIpc) is 2.59. The summed E-state index contributed by atoms with van der Waals surface area (Å²) >= 11 is 0. The van der Waals surface area contributed by atoms with Crippen molar-refractivity contribution in [1.29, 1.82) is 0 Å². The van der Waals surface area contributed by atoms with Crippen LogP contribution in [0.3, 0.4) is 0 Å². The zero-order chi connectivity index (χ0) is 18.6. The third kappa shape index (κ3) is 4.79. The monoisotopic (exact) mass is 342 g/mol. The second-order valence-corrected chi connectivity index (χ2v) is 6.54. The van der Waals surface area contributed by atoms with E-state index in [9.17, 15) is 9.59 Å². The van der Waals surface area contributed by atoms with Gasteiger partial charge in [-0.2, -0.15) is 0 Å². The van der Waals surface area contributed by atoms with E-state index in [1.54, 1.807) is 43.7 Å². The van der Waals surface area contributed by atoms with Crippen LogP contribution in [-0.2, 0) is 9.47 Å². The smallest absolute Gasteiger partial charge is 0.414 e. The number of hydrogen-bond donors (Lipinski definition) is 0. The van der Waals surface area contributed by atoms with Crippen molar-refractivity contribution in [2.45, 2.75) is 26.4 Å². The lowest BCUT2D eigenvalue weighted by Gasteiger charge is -2.24. The van der Waals surface area contributed by atoms with Gasteiger partial charge in [-0.25, -0.2) is 9.59 Å². The van der Waals surface area contributed by atoms with Gasteiger partial charge in [-0.15, -0.1) is 0 Å². The van der Waals surface area contributed by atoms with Crippen LogP contribution in [0.15, 0.2) is 42.7 Å². The van der Waals surface area contributed by atoms with Gasteiger partial charge in [0.05, 0.1) is 24.6 Å². The van der Waals surface area contributed by atoms with Crippen molar-refractivity contribution >= 4 is 17.7 Å². The second kappa shape index (κ2) is 7.34. The average molecular weight is 342 g/mol. The summed E-state index contributed by atoms with van der Waals surface area (Å²) in [5.74, 6) is -0.386. The molecule has 2 rings (SSSR count). The lowest BCUT2D eigenvalue weighted by atomic mass is 10.1. The van der Waals surface area contributed by atoms with Gasteiger partial charge in [-0.3, -0.25) is 9.88 Å². The van der Waals surface area contributed by atoms with Crippen molar-refractivity contribution < 1.29 is 19.1 Å². The number of methoxy groups -OCH3 is 1. The van der Waals surface area contributed by atoms with E-state index in [1.165, 1.54) is 12.0 Å². The summed E-state index contributed by atoms with van der Waals surface area (Å²) < 4.78 is 10.1. The summed E-state index contributed by atoms with van der Waals surface area (Å²) in [6.45, 7) is 5.45. The van der Waals surface area contributed by atoms with E-state index in [1.807, 2.05) is 26.8 Å². The maximum atomic E-state index is 12.2. The molecular weight excluding hydrogens is 320 g/mol. The minimum Gasteiger partial charge on any atom is -0.465 e. The van der Waals surface area contributed by atoms with Crippen LogP contribution in [0.4, 0.5) is 10.5 Å². The summed E-state index contributed by atoms with van der Waals surface area (Å²) in [5, 5.41) is 0. The van der Waals surface area contributed by atoms with E-state index in [0.717, 1.165) is 11.1 Å². The van der Waals surface area contributed by atoms with Crippen molar-refractivity contribution in [2.24, 2.45) is 0 Å². The zero-order valence-electron chi connectivity index (χ0n) is 15.1. The lowest BCUT2D eigenvalue weighted by Crippen LogP contribution is -2.34. The molecule has 132 valence electrons. The molecule has 0 N–H and O–H groups in total. The van der Waals surface area contributed by atoms with Gasteiger partial charge in [0.25, 0.3) is 0 Å². The highest BCUT2D eigenvalue weighted by Gasteiger charge is 2.21. The first-order valence-electron chi connectivity index (χ1n) is 7.82. The van der Waals surface area contributed by atoms with E-state index < -0.39 is 11.7 Å². The van der Waals surface area contributed by atoms with Crippen LogP contribution < -0.4 is 4.90 Å². The van der Waals surface area contributed by atoms with Crippen LogP contribution in [-0.4, -0.2) is 36.8 Å². The normalized spacial score (nSPS) is 10.9. The van der Waals surface area contributed by atoms with Crippen molar-refractivity contribution in [1.82, 2.24) is 4.98 Å². The molecule has 1 aromatic carbocycles. The largest absolute Gasteiger partial charge is 0.465 e. The molecule has 0 bridgehead atoms. The zero-order valence-corrected chi connectivity index (χ0v) is 15.1. The number of carbonyl (C=O) groups is 2. The van der Waals surface area contributed by atoms with Gasteiger partial charge in [0.15, 0.2) is 0 Å². The Morgan fingerprint density at radius 3 is 2.24 bits per heavy atom. The standard InChI is InChI=1S/C19H22N2O4/c1-19(2,3)25-18(23)21(4)16-10-15(11-20-12-16)13-6-8-14(9-7-13)17(22)24-5/h6-12H,1-5H3. The highest BCUT2D eigenvalue weighted by atomic mass is 16.6. The summed E-state index contributed by atoms with van der Waals surface area (Å²) in [7, 11) is 2.98. The van der Waals surface area contributed by atoms with Gasteiger partial charge < -0.3 is 9.47 Å². The maximum absolute atomic E-state index is 12.2. The Kier molecular flexibility index (Phi) is 5.41. The summed E-state index contributed by atoms with van der Waals surface area (Å²) in [6.07, 6.45) is 2.84. The van der Waals surface area contributed by atoms with Gasteiger partial charge in [0.2, 0.25) is 0 Å². The molecule has 2 aromatic rings. The van der Waals surface area contributed by atoms with E-state index >= 15 is 0 Å². The molecule has 0 aliphatic rings. The van der Waals surface area contributed by atoms with Crippen LogP contribution in [0.5, 0.6) is 0 Å². The first-order valence-corrected chi connectivity index (χ1v) is 7.82. The third-order valence-corrected chi connectivity index (χ3v) is 3.42. The number of pyridine rings is 1. The van der Waals surface area contributed by atoms with Gasteiger partial charge in [0, 0.05) is 18.8 Å². The molecule has 0 fully saturated rings. The van der Waals surface area contributed by atoms with Crippen LogP contribution in [0.25, 0.3) is 11.1 Å². The number of carbonyl (C=O) groups excluding carboxylic acids is 2. The molecule has 0 atom stereocenters. The molecule has 0 spiro atoms. The number of benzene rings is 1. The Hall–Kier alpha value is -2.89. The number of nitrogens with zero attached hydrogens (tertiary/aromatic N) is 2. The van der Waals surface area contributed by atoms with Gasteiger partial charge in [-0.05, 0) is 44.5 Å². The summed E-state index contributed by atoms with van der Waals surface area (Å²) in [4.78, 5) is 29.3. The molecular formula is C19H22N2O4. The number of rotatable bonds is 3. The molecule has 0 radical (unpaired) electrons. The summed E-state index contributed by atoms with van der Waals surface area (Å²) in [5.41, 5.74) is 2.22. The molecule has 0 aliphatic heterocycles. The molecule has 0 aliphatic carbocycles. The van der Waals surface area contributed by atoms with E-state index in [0.29, 0.717) is 11.3 Å². The molecule has 6 nitrogen and oxygen atoms in total. The van der Waals surface area contributed by atoms with Crippen molar-refractivity contribution in [2.75, 3.05) is 19.1 Å². The van der Waals surface area contributed by atoms with E-state index in [-0.39, 0.29) is 5.97 Å². The van der Waals surface area contributed by atoms with Crippen LogP contribution in [0.1, 0.15) is 31.1 Å². The van der Waals surface area contributed by atoms with Gasteiger partial charge >= 0.3 is 12.1 Å². The fourth-order valence-electron chi connectivity index (χ4n) is 2.12. The first-order chi connectivity index (χ1) is 11.7. The molecule has 1 amide bonds. The van der Waals surface area contributed by atoms with E-state index in [4.69, 9.17) is 4.74 Å². The first kappa shape index (κ1) is 18.4. The Balaban J connectivity index is 2.23. The molecule has 0 unspecified atom stereocenters. The topological polar surface area (TPSA) is 68.7 Å². The minimum absolute atomic E-state index is 0.386. The van der Waals surface area contributed by atoms with E-state index in [2.05, 4.69) is 9.72 Å². The Morgan fingerprint density at radius 1 is 1.04 bits per heavy atom. The number of amides is 1. The number of ether oxygens (including phenoxy) is 2. The molecule has 0 saturated carbocycles. The number of hydrogen-bond acceptors (Lipinski definition) is 5. The highest BCUT2D eigenvalue weighted by molar-refractivity contribution is 5.90. The van der Waals surface area contributed by atoms with Crippen molar-refractivity contribution in [3.8, 4) is 11.1 Å². The number of aromatic nitrogens is 1. The van der Waals surface area contributed by atoms with Crippen molar-refractivity contribution in [3.05, 3.63) is 48.3 Å². The molecule has 0 saturated heterocycles. The quantitative estimate of drug-likeness (QED) is 0.791.